The molecule has 0 spiro atoms. The molecule has 0 aliphatic rings. The number of carbonyl (C=O) groups is 2. The Labute approximate surface area is 153 Å². The van der Waals surface area contributed by atoms with Crippen molar-refractivity contribution in [3.63, 3.8) is 0 Å². The average molecular weight is 408 g/mol. The Hall–Kier alpha value is -3.11. The maximum Gasteiger partial charge on any atom is 0.416 e. The van der Waals surface area contributed by atoms with Gasteiger partial charge in [-0.1, -0.05) is 18.2 Å². The maximum absolute atomic E-state index is 13.4. The van der Waals surface area contributed by atoms with Gasteiger partial charge in [-0.05, 0) is 24.3 Å². The number of hydrogen-bond donors (Lipinski definition) is 2. The van der Waals surface area contributed by atoms with Crippen LogP contribution >= 0.6 is 0 Å². The van der Waals surface area contributed by atoms with Crippen LogP contribution in [0.15, 0.2) is 42.5 Å². The molecular weight excluding hydrogens is 397 g/mol. The molecule has 4 nitrogen and oxygen atoms in total. The Kier molecular flexibility index (Phi) is 5.95. The van der Waals surface area contributed by atoms with Gasteiger partial charge in [-0.15, -0.1) is 0 Å². The van der Waals surface area contributed by atoms with E-state index >= 15 is 0 Å². The molecule has 0 fully saturated rings. The number of hydrogen-bond acceptors (Lipinski definition) is 2. The van der Waals surface area contributed by atoms with Crippen molar-refractivity contribution in [2.24, 2.45) is 0 Å². The molecule has 0 saturated carbocycles. The van der Waals surface area contributed by atoms with Crippen molar-refractivity contribution in [2.75, 3.05) is 5.32 Å². The lowest BCUT2D eigenvalue weighted by atomic mass is 10.1. The zero-order valence-corrected chi connectivity index (χ0v) is 13.7. The normalized spacial score (nSPS) is 11.8. The van der Waals surface area contributed by atoms with Crippen molar-refractivity contribution < 1.29 is 40.3 Å². The molecule has 0 atom stereocenters. The van der Waals surface area contributed by atoms with Crippen LogP contribution in [-0.4, -0.2) is 11.8 Å². The summed E-state index contributed by atoms with van der Waals surface area (Å²) in [6.45, 7) is -0.407. The number of halogens is 7. The molecule has 28 heavy (non-hydrogen) atoms. The summed E-state index contributed by atoms with van der Waals surface area (Å²) in [5, 5.41) is 3.69. The smallest absolute Gasteiger partial charge is 0.344 e. The highest BCUT2D eigenvalue weighted by atomic mass is 19.4. The van der Waals surface area contributed by atoms with E-state index in [0.717, 1.165) is 6.07 Å². The summed E-state index contributed by atoms with van der Waals surface area (Å²) in [4.78, 5) is 23.5. The van der Waals surface area contributed by atoms with E-state index in [1.807, 2.05) is 5.32 Å². The molecular formula is C17H11F7N2O2. The van der Waals surface area contributed by atoms with Gasteiger partial charge in [0.15, 0.2) is 0 Å². The summed E-state index contributed by atoms with van der Waals surface area (Å²) < 4.78 is 90.1. The SMILES string of the molecule is O=C(NCc1ccccc1F)C(=O)Nc1cc(C(F)(F)F)cc(C(F)(F)F)c1. The third-order valence-electron chi connectivity index (χ3n) is 3.45. The number of amides is 2. The standard InChI is InChI=1S/C17H11F7N2O2/c18-13-4-2-1-3-9(13)8-25-14(27)15(28)26-12-6-10(16(19,20)21)5-11(7-12)17(22,23)24/h1-7H,8H2,(H,25,27)(H,26,28). The summed E-state index contributed by atoms with van der Waals surface area (Å²) in [6, 6.07) is 5.67. The Morgan fingerprint density at radius 2 is 1.36 bits per heavy atom. The minimum absolute atomic E-state index is 0.0297. The second-order valence-electron chi connectivity index (χ2n) is 5.52. The summed E-state index contributed by atoms with van der Waals surface area (Å²) in [5.74, 6) is -3.55. The van der Waals surface area contributed by atoms with Crippen LogP contribution in [0.4, 0.5) is 36.4 Å². The first kappa shape index (κ1) is 21.2. The highest BCUT2D eigenvalue weighted by molar-refractivity contribution is 6.39. The van der Waals surface area contributed by atoms with Gasteiger partial charge in [0.25, 0.3) is 0 Å². The fourth-order valence-electron chi connectivity index (χ4n) is 2.11. The second-order valence-corrected chi connectivity index (χ2v) is 5.52. The zero-order valence-electron chi connectivity index (χ0n) is 13.7. The van der Waals surface area contributed by atoms with Gasteiger partial charge in [0, 0.05) is 17.8 Å². The van der Waals surface area contributed by atoms with Gasteiger partial charge >= 0.3 is 24.2 Å². The topological polar surface area (TPSA) is 58.2 Å². The van der Waals surface area contributed by atoms with Crippen LogP contribution in [0.2, 0.25) is 0 Å². The molecule has 2 aromatic rings. The van der Waals surface area contributed by atoms with E-state index in [0.29, 0.717) is 0 Å². The molecule has 0 aliphatic heterocycles. The molecule has 0 radical (unpaired) electrons. The number of alkyl halides is 6. The number of rotatable bonds is 3. The average Bonchev–Trinajstić information content (AvgIpc) is 2.59. The van der Waals surface area contributed by atoms with Gasteiger partial charge < -0.3 is 10.6 Å². The van der Waals surface area contributed by atoms with Crippen LogP contribution in [0.25, 0.3) is 0 Å². The van der Waals surface area contributed by atoms with Crippen molar-refractivity contribution in [3.8, 4) is 0 Å². The predicted octanol–water partition coefficient (Wildman–Crippen LogP) is 4.12. The zero-order chi connectivity index (χ0) is 21.1. The quantitative estimate of drug-likeness (QED) is 0.593. The number of anilines is 1. The maximum atomic E-state index is 13.4. The van der Waals surface area contributed by atoms with Crippen molar-refractivity contribution in [1.82, 2.24) is 5.32 Å². The van der Waals surface area contributed by atoms with E-state index in [2.05, 4.69) is 0 Å². The van der Waals surface area contributed by atoms with E-state index in [1.54, 1.807) is 5.32 Å². The Morgan fingerprint density at radius 1 is 0.821 bits per heavy atom. The van der Waals surface area contributed by atoms with Crippen LogP contribution in [0.1, 0.15) is 16.7 Å². The van der Waals surface area contributed by atoms with Gasteiger partial charge in [0.2, 0.25) is 0 Å². The molecule has 0 saturated heterocycles. The fourth-order valence-corrected chi connectivity index (χ4v) is 2.11. The summed E-state index contributed by atoms with van der Waals surface area (Å²) in [6.07, 6.45) is -10.2. The molecule has 0 bridgehead atoms. The number of nitrogens with one attached hydrogen (secondary N) is 2. The van der Waals surface area contributed by atoms with Gasteiger partial charge in [0.05, 0.1) is 11.1 Å². The molecule has 2 rings (SSSR count). The number of carbonyl (C=O) groups excluding carboxylic acids is 2. The number of benzene rings is 2. The molecule has 11 heteroatoms. The second kappa shape index (κ2) is 7.87. The van der Waals surface area contributed by atoms with E-state index < -0.39 is 53.3 Å². The molecule has 0 aliphatic carbocycles. The molecule has 0 unspecified atom stereocenters. The highest BCUT2D eigenvalue weighted by Gasteiger charge is 2.37. The first-order valence-electron chi connectivity index (χ1n) is 7.50. The van der Waals surface area contributed by atoms with Crippen LogP contribution < -0.4 is 10.6 Å². The molecule has 2 N–H and O–H groups in total. The lowest BCUT2D eigenvalue weighted by Gasteiger charge is -2.14. The van der Waals surface area contributed by atoms with E-state index in [-0.39, 0.29) is 23.8 Å². The summed E-state index contributed by atoms with van der Waals surface area (Å²) >= 11 is 0. The molecule has 2 amide bonds. The van der Waals surface area contributed by atoms with Gasteiger partial charge in [-0.25, -0.2) is 4.39 Å². The lowest BCUT2D eigenvalue weighted by molar-refractivity contribution is -0.143. The fraction of sp³-hybridized carbons (Fsp3) is 0.176. The summed E-state index contributed by atoms with van der Waals surface area (Å²) in [7, 11) is 0. The molecule has 2 aromatic carbocycles. The van der Waals surface area contributed by atoms with E-state index in [1.165, 1.54) is 18.2 Å². The van der Waals surface area contributed by atoms with Crippen molar-refractivity contribution in [2.45, 2.75) is 18.9 Å². The summed E-state index contributed by atoms with van der Waals surface area (Å²) in [5.41, 5.74) is -4.14. The minimum atomic E-state index is -5.10. The largest absolute Gasteiger partial charge is 0.416 e. The third-order valence-corrected chi connectivity index (χ3v) is 3.45. The highest BCUT2D eigenvalue weighted by Crippen LogP contribution is 2.37. The minimum Gasteiger partial charge on any atom is -0.344 e. The van der Waals surface area contributed by atoms with Crippen LogP contribution in [0.5, 0.6) is 0 Å². The monoisotopic (exact) mass is 408 g/mol. The van der Waals surface area contributed by atoms with Crippen molar-refractivity contribution in [3.05, 3.63) is 65.0 Å². The van der Waals surface area contributed by atoms with Gasteiger partial charge in [-0.3, -0.25) is 9.59 Å². The Balaban J connectivity index is 2.16. The molecule has 150 valence electrons. The van der Waals surface area contributed by atoms with Crippen LogP contribution in [0, 0.1) is 5.82 Å². The van der Waals surface area contributed by atoms with Gasteiger partial charge in [-0.2, -0.15) is 26.3 Å². The lowest BCUT2D eigenvalue weighted by Crippen LogP contribution is -2.35. The Morgan fingerprint density at radius 3 is 1.86 bits per heavy atom. The third kappa shape index (κ3) is 5.44. The Bertz CT molecular complexity index is 860. The van der Waals surface area contributed by atoms with Gasteiger partial charge in [0.1, 0.15) is 5.82 Å². The van der Waals surface area contributed by atoms with Crippen molar-refractivity contribution >= 4 is 17.5 Å². The predicted molar refractivity (Wildman–Crippen MR) is 83.3 cm³/mol. The van der Waals surface area contributed by atoms with Crippen LogP contribution in [-0.2, 0) is 28.5 Å². The van der Waals surface area contributed by atoms with Crippen molar-refractivity contribution in [1.29, 1.82) is 0 Å². The molecule has 0 aromatic heterocycles. The van der Waals surface area contributed by atoms with E-state index in [9.17, 15) is 40.3 Å². The van der Waals surface area contributed by atoms with Crippen LogP contribution in [0.3, 0.4) is 0 Å². The van der Waals surface area contributed by atoms with E-state index in [4.69, 9.17) is 0 Å². The first-order chi connectivity index (χ1) is 12.9. The first-order valence-corrected chi connectivity index (χ1v) is 7.50. The molecule has 0 heterocycles.